The number of hydrogen-bond acceptors (Lipinski definition) is 5. The van der Waals surface area contributed by atoms with Crippen LogP contribution in [0.25, 0.3) is 0 Å². The van der Waals surface area contributed by atoms with Gasteiger partial charge < -0.3 is 14.9 Å². The summed E-state index contributed by atoms with van der Waals surface area (Å²) in [5.41, 5.74) is -0.850. The summed E-state index contributed by atoms with van der Waals surface area (Å²) < 4.78 is 5.54. The molecule has 74 valence electrons. The summed E-state index contributed by atoms with van der Waals surface area (Å²) >= 11 is 0. The van der Waals surface area contributed by atoms with Gasteiger partial charge in [-0.05, 0) is 0 Å². The van der Waals surface area contributed by atoms with Gasteiger partial charge in [-0.15, -0.1) is 0 Å². The van der Waals surface area contributed by atoms with E-state index in [0.717, 1.165) is 0 Å². The number of rotatable bonds is 1. The number of ether oxygens (including phenoxy) is 1. The maximum Gasteiger partial charge on any atom is 0.142 e. The number of likely N-dealkylation sites (N-methyl/N-ethyl adjacent to an activating group) is 1. The smallest absolute Gasteiger partial charge is 0.142 e. The van der Waals surface area contributed by atoms with E-state index in [1.54, 1.807) is 12.1 Å². The zero-order chi connectivity index (χ0) is 9.64. The van der Waals surface area contributed by atoms with Crippen molar-refractivity contribution in [3.05, 3.63) is 0 Å². The van der Waals surface area contributed by atoms with Gasteiger partial charge in [0.2, 0.25) is 0 Å². The van der Waals surface area contributed by atoms with E-state index in [2.05, 4.69) is 0 Å². The summed E-state index contributed by atoms with van der Waals surface area (Å²) in [6, 6.07) is -0.174. The van der Waals surface area contributed by atoms with Crippen molar-refractivity contribution in [1.29, 1.82) is 0 Å². The fraction of sp³-hybridized carbons (Fsp3) is 1.00. The molecule has 13 heavy (non-hydrogen) atoms. The van der Waals surface area contributed by atoms with Crippen LogP contribution in [0.4, 0.5) is 0 Å². The Bertz CT molecular complexity index is 213. The van der Waals surface area contributed by atoms with Crippen molar-refractivity contribution in [3.63, 3.8) is 0 Å². The zero-order valence-electron chi connectivity index (χ0n) is 7.80. The Morgan fingerprint density at radius 2 is 2.38 bits per heavy atom. The van der Waals surface area contributed by atoms with E-state index in [0.29, 0.717) is 6.54 Å². The fourth-order valence-corrected chi connectivity index (χ4v) is 2.14. The van der Waals surface area contributed by atoms with Gasteiger partial charge in [0.1, 0.15) is 25.7 Å². The second-order valence-electron chi connectivity index (χ2n) is 3.85. The third-order valence-electron chi connectivity index (χ3n) is 2.79. The zero-order valence-corrected chi connectivity index (χ0v) is 7.80. The summed E-state index contributed by atoms with van der Waals surface area (Å²) in [7, 11) is 3.61. The molecule has 2 aliphatic rings. The third kappa shape index (κ3) is 1.21. The first-order valence-corrected chi connectivity index (χ1v) is 4.44. The molecule has 0 amide bonds. The van der Waals surface area contributed by atoms with Crippen LogP contribution in [-0.2, 0) is 9.57 Å². The quantitative estimate of drug-likeness (QED) is 0.438. The largest absolute Gasteiger partial charge is 0.393 e. The molecule has 2 bridgehead atoms. The first kappa shape index (κ1) is 9.42. The van der Waals surface area contributed by atoms with Crippen LogP contribution < -0.4 is 0 Å². The molecule has 4 atom stereocenters. The van der Waals surface area contributed by atoms with Crippen LogP contribution >= 0.6 is 0 Å². The van der Waals surface area contributed by atoms with Crippen molar-refractivity contribution in [2.24, 2.45) is 0 Å². The Hall–Kier alpha value is -0.135. The monoisotopic (exact) mass is 187 g/mol. The van der Waals surface area contributed by atoms with E-state index in [1.807, 2.05) is 7.85 Å². The normalized spacial score (nSPS) is 51.2. The molecule has 6 heteroatoms. The van der Waals surface area contributed by atoms with E-state index in [4.69, 9.17) is 9.57 Å². The van der Waals surface area contributed by atoms with E-state index in [1.165, 1.54) is 0 Å². The maximum absolute atomic E-state index is 9.81. The van der Waals surface area contributed by atoms with Gasteiger partial charge in [-0.3, -0.25) is 4.84 Å². The minimum Gasteiger partial charge on any atom is -0.393 e. The molecule has 2 rings (SSSR count). The fourth-order valence-electron chi connectivity index (χ4n) is 2.14. The van der Waals surface area contributed by atoms with Crippen molar-refractivity contribution in [3.8, 4) is 0 Å². The molecule has 0 aromatic heterocycles. The average Bonchev–Trinajstić information content (AvgIpc) is 2.26. The molecule has 0 aliphatic carbocycles. The Balaban J connectivity index is 2.26. The van der Waals surface area contributed by atoms with Crippen LogP contribution in [0, 0.1) is 0 Å². The number of fused-ring (bicyclic) bond motifs is 2. The Morgan fingerprint density at radius 1 is 1.69 bits per heavy atom. The lowest BCUT2D eigenvalue weighted by Gasteiger charge is -2.38. The topological polar surface area (TPSA) is 62.2 Å². The third-order valence-corrected chi connectivity index (χ3v) is 2.79. The highest BCUT2D eigenvalue weighted by Gasteiger charge is 2.57. The second kappa shape index (κ2) is 2.93. The van der Waals surface area contributed by atoms with Crippen molar-refractivity contribution >= 4 is 7.85 Å². The standard InChI is InChI=1S/C7H14BNO4/c1-9-2-7(3-10)5(11)4(13-9)6(8)12-7/h4-6,10-11H,2-3,8H2,1H3/t4-,5?,6+,7+/m0/s1. The number of nitrogens with zero attached hydrogens (tertiary/aromatic N) is 1. The van der Waals surface area contributed by atoms with Crippen molar-refractivity contribution < 1.29 is 19.8 Å². The van der Waals surface area contributed by atoms with Crippen LogP contribution in [0.15, 0.2) is 0 Å². The van der Waals surface area contributed by atoms with Gasteiger partial charge in [0.25, 0.3) is 0 Å². The van der Waals surface area contributed by atoms with Crippen molar-refractivity contribution in [1.82, 2.24) is 5.06 Å². The van der Waals surface area contributed by atoms with E-state index in [-0.39, 0.29) is 18.7 Å². The molecule has 1 unspecified atom stereocenters. The first-order valence-electron chi connectivity index (χ1n) is 4.44. The number of aliphatic hydroxyl groups excluding tert-OH is 2. The highest BCUT2D eigenvalue weighted by atomic mass is 16.7. The summed E-state index contributed by atoms with van der Waals surface area (Å²) in [4.78, 5) is 5.38. The van der Waals surface area contributed by atoms with E-state index in [9.17, 15) is 10.2 Å². The van der Waals surface area contributed by atoms with E-state index < -0.39 is 11.7 Å². The van der Waals surface area contributed by atoms with Crippen molar-refractivity contribution in [2.45, 2.75) is 23.8 Å². The Kier molecular flexibility index (Phi) is 2.12. The molecule has 2 fully saturated rings. The van der Waals surface area contributed by atoms with Crippen molar-refractivity contribution in [2.75, 3.05) is 20.2 Å². The second-order valence-corrected chi connectivity index (χ2v) is 3.85. The Labute approximate surface area is 77.6 Å². The van der Waals surface area contributed by atoms with Gasteiger partial charge in [-0.25, -0.2) is 0 Å². The lowest BCUT2D eigenvalue weighted by molar-refractivity contribution is -0.255. The molecule has 2 N–H and O–H groups in total. The summed E-state index contributed by atoms with van der Waals surface area (Å²) in [6.07, 6.45) is -1.09. The summed E-state index contributed by atoms with van der Waals surface area (Å²) in [5.74, 6) is 0. The molecular weight excluding hydrogens is 173 g/mol. The van der Waals surface area contributed by atoms with Gasteiger partial charge in [0.15, 0.2) is 0 Å². The SMILES string of the molecule is B[C@@H]1O[C@@]2(CO)CN(C)O[C@H]1C2O. The lowest BCUT2D eigenvalue weighted by Crippen LogP contribution is -2.58. The van der Waals surface area contributed by atoms with Gasteiger partial charge in [-0.1, -0.05) is 0 Å². The molecule has 2 aliphatic heterocycles. The molecule has 0 aromatic carbocycles. The lowest BCUT2D eigenvalue weighted by atomic mass is 9.88. The van der Waals surface area contributed by atoms with Crippen LogP contribution in [0.3, 0.4) is 0 Å². The van der Waals surface area contributed by atoms with Crippen LogP contribution in [0.2, 0.25) is 0 Å². The highest BCUT2D eigenvalue weighted by Crippen LogP contribution is 2.36. The molecule has 5 nitrogen and oxygen atoms in total. The molecule has 2 saturated heterocycles. The predicted octanol–water partition coefficient (Wildman–Crippen LogP) is -2.69. The molecule has 0 radical (unpaired) electrons. The minimum absolute atomic E-state index is 0.174. The van der Waals surface area contributed by atoms with Gasteiger partial charge in [-0.2, -0.15) is 5.06 Å². The van der Waals surface area contributed by atoms with Crippen LogP contribution in [0.5, 0.6) is 0 Å². The van der Waals surface area contributed by atoms with Gasteiger partial charge >= 0.3 is 0 Å². The number of hydrogen-bond donors (Lipinski definition) is 2. The molecule has 0 spiro atoms. The number of hydroxylamine groups is 2. The van der Waals surface area contributed by atoms with Crippen LogP contribution in [0.1, 0.15) is 0 Å². The molecule has 2 heterocycles. The predicted molar refractivity (Wildman–Crippen MR) is 46.7 cm³/mol. The summed E-state index contributed by atoms with van der Waals surface area (Å²) in [5, 5.41) is 20.6. The van der Waals surface area contributed by atoms with E-state index >= 15 is 0 Å². The molecule has 0 saturated carbocycles. The summed E-state index contributed by atoms with van der Waals surface area (Å²) in [6.45, 7) is 0.216. The molecule has 0 aromatic rings. The number of aliphatic hydroxyl groups is 2. The minimum atomic E-state index is -0.850. The maximum atomic E-state index is 9.81. The van der Waals surface area contributed by atoms with Gasteiger partial charge in [0, 0.05) is 7.05 Å². The van der Waals surface area contributed by atoms with Gasteiger partial charge in [0.05, 0.1) is 19.2 Å². The Morgan fingerprint density at radius 3 is 3.00 bits per heavy atom. The highest BCUT2D eigenvalue weighted by molar-refractivity contribution is 6.11. The first-order chi connectivity index (χ1) is 6.09. The average molecular weight is 187 g/mol. The van der Waals surface area contributed by atoms with Crippen LogP contribution in [-0.4, -0.2) is 67.1 Å². The molecular formula is C7H14BNO4.